The van der Waals surface area contributed by atoms with Gasteiger partial charge in [-0.1, -0.05) is 18.2 Å². The molecule has 2 aromatic rings. The monoisotopic (exact) mass is 451 g/mol. The van der Waals surface area contributed by atoms with Crippen LogP contribution >= 0.6 is 0 Å². The van der Waals surface area contributed by atoms with Crippen molar-refractivity contribution in [3.8, 4) is 0 Å². The molecule has 0 aliphatic carbocycles. The average molecular weight is 452 g/mol. The first kappa shape index (κ1) is 22.4. The van der Waals surface area contributed by atoms with Gasteiger partial charge < -0.3 is 20.3 Å². The van der Waals surface area contributed by atoms with E-state index in [0.29, 0.717) is 37.3 Å². The Kier molecular flexibility index (Phi) is 6.36. The maximum atomic E-state index is 15.0. The number of para-hydroxylation sites is 1. The SMILES string of the molecule is [C-]#[N+]C1(Nc2ccccc2)CCN(c2ccc(N3C[C@H](CNC(C)=O)OC3=O)cc2F)CC1. The Bertz CT molecular complexity index is 1060. The highest BCUT2D eigenvalue weighted by atomic mass is 19.1. The molecule has 0 saturated carbocycles. The van der Waals surface area contributed by atoms with Gasteiger partial charge in [-0.15, -0.1) is 0 Å². The highest BCUT2D eigenvalue weighted by molar-refractivity contribution is 5.90. The van der Waals surface area contributed by atoms with Crippen LogP contribution in [0, 0.1) is 12.4 Å². The van der Waals surface area contributed by atoms with Crippen LogP contribution in [0.2, 0.25) is 0 Å². The highest BCUT2D eigenvalue weighted by Gasteiger charge is 2.41. The van der Waals surface area contributed by atoms with Gasteiger partial charge in [0.2, 0.25) is 5.91 Å². The number of carbonyl (C=O) groups is 2. The lowest BCUT2D eigenvalue weighted by atomic mass is 9.96. The second-order valence-corrected chi connectivity index (χ2v) is 8.31. The van der Waals surface area contributed by atoms with E-state index in [0.717, 1.165) is 5.69 Å². The van der Waals surface area contributed by atoms with E-state index in [4.69, 9.17) is 11.3 Å². The topological polar surface area (TPSA) is 78.3 Å². The fourth-order valence-corrected chi connectivity index (χ4v) is 4.19. The fraction of sp³-hybridized carbons (Fsp3) is 0.375. The predicted molar refractivity (Wildman–Crippen MR) is 124 cm³/mol. The fourth-order valence-electron chi connectivity index (χ4n) is 4.19. The Morgan fingerprint density at radius 3 is 2.61 bits per heavy atom. The summed E-state index contributed by atoms with van der Waals surface area (Å²) in [5.41, 5.74) is 1.03. The van der Waals surface area contributed by atoms with Gasteiger partial charge in [0, 0.05) is 25.7 Å². The van der Waals surface area contributed by atoms with Crippen LogP contribution in [0.25, 0.3) is 4.85 Å². The molecule has 2 heterocycles. The number of benzene rings is 2. The molecule has 9 heteroatoms. The molecule has 2 aliphatic rings. The molecule has 2 aliphatic heterocycles. The zero-order valence-corrected chi connectivity index (χ0v) is 18.4. The molecule has 0 radical (unpaired) electrons. The minimum Gasteiger partial charge on any atom is -0.442 e. The van der Waals surface area contributed by atoms with Gasteiger partial charge in [0.25, 0.3) is 0 Å². The van der Waals surface area contributed by atoms with E-state index in [1.54, 1.807) is 12.1 Å². The van der Waals surface area contributed by atoms with Crippen molar-refractivity contribution in [2.24, 2.45) is 0 Å². The number of ether oxygens (including phenoxy) is 1. The smallest absolute Gasteiger partial charge is 0.414 e. The van der Waals surface area contributed by atoms with Crippen LogP contribution in [0.3, 0.4) is 0 Å². The molecular weight excluding hydrogens is 425 g/mol. The first-order valence-electron chi connectivity index (χ1n) is 10.9. The minimum atomic E-state index is -0.712. The van der Waals surface area contributed by atoms with Crippen LogP contribution in [0.4, 0.5) is 26.2 Å². The summed E-state index contributed by atoms with van der Waals surface area (Å²) < 4.78 is 20.3. The van der Waals surface area contributed by atoms with E-state index in [-0.39, 0.29) is 19.0 Å². The summed E-state index contributed by atoms with van der Waals surface area (Å²) in [6.45, 7) is 10.6. The van der Waals surface area contributed by atoms with Crippen molar-refractivity contribution in [1.29, 1.82) is 0 Å². The molecule has 2 aromatic carbocycles. The van der Waals surface area contributed by atoms with Gasteiger partial charge in [0.05, 0.1) is 37.3 Å². The van der Waals surface area contributed by atoms with Gasteiger partial charge in [0.1, 0.15) is 11.9 Å². The van der Waals surface area contributed by atoms with E-state index in [2.05, 4.69) is 15.5 Å². The van der Waals surface area contributed by atoms with E-state index < -0.39 is 23.7 Å². The number of piperidine rings is 1. The molecule has 2 saturated heterocycles. The average Bonchev–Trinajstić information content (AvgIpc) is 3.19. The van der Waals surface area contributed by atoms with Crippen LogP contribution in [0.5, 0.6) is 0 Å². The lowest BCUT2D eigenvalue weighted by Gasteiger charge is -2.36. The quantitative estimate of drug-likeness (QED) is 0.656. The number of nitrogens with zero attached hydrogens (tertiary/aromatic N) is 3. The normalized spacial score (nSPS) is 19.5. The Morgan fingerprint density at radius 1 is 1.24 bits per heavy atom. The Labute approximate surface area is 192 Å². The molecule has 2 amide bonds. The van der Waals surface area contributed by atoms with Gasteiger partial charge in [-0.2, -0.15) is 0 Å². The predicted octanol–water partition coefficient (Wildman–Crippen LogP) is 3.61. The molecule has 8 nitrogen and oxygen atoms in total. The minimum absolute atomic E-state index is 0.206. The second kappa shape index (κ2) is 9.36. The van der Waals surface area contributed by atoms with Crippen molar-refractivity contribution in [2.75, 3.05) is 41.3 Å². The number of nitrogens with one attached hydrogen (secondary N) is 2. The number of amides is 2. The molecule has 0 aromatic heterocycles. The molecule has 2 fully saturated rings. The van der Waals surface area contributed by atoms with Crippen LogP contribution < -0.4 is 20.4 Å². The number of cyclic esters (lactones) is 1. The second-order valence-electron chi connectivity index (χ2n) is 8.31. The number of carbonyl (C=O) groups excluding carboxylic acids is 2. The molecule has 1 atom stereocenters. The number of hydrogen-bond acceptors (Lipinski definition) is 5. The first-order valence-corrected chi connectivity index (χ1v) is 10.9. The molecular formula is C24H26FN5O3. The largest absolute Gasteiger partial charge is 0.442 e. The summed E-state index contributed by atoms with van der Waals surface area (Å²) in [5, 5.41) is 5.96. The van der Waals surface area contributed by atoms with Gasteiger partial charge in [-0.25, -0.2) is 15.8 Å². The summed E-state index contributed by atoms with van der Waals surface area (Å²) in [6, 6.07) is 14.3. The summed E-state index contributed by atoms with van der Waals surface area (Å²) in [7, 11) is 0. The summed E-state index contributed by atoms with van der Waals surface area (Å²) in [5.74, 6) is -0.639. The van der Waals surface area contributed by atoms with Crippen molar-refractivity contribution >= 4 is 29.1 Å². The molecule has 2 N–H and O–H groups in total. The van der Waals surface area contributed by atoms with Gasteiger partial charge in [-0.3, -0.25) is 14.5 Å². The zero-order chi connectivity index (χ0) is 23.4. The van der Waals surface area contributed by atoms with Gasteiger partial charge in [-0.05, 0) is 30.3 Å². The summed E-state index contributed by atoms with van der Waals surface area (Å²) in [6.07, 6.45) is 0.0561. The van der Waals surface area contributed by atoms with Gasteiger partial charge in [0.15, 0.2) is 0 Å². The summed E-state index contributed by atoms with van der Waals surface area (Å²) in [4.78, 5) is 30.4. The molecule has 4 rings (SSSR count). The molecule has 172 valence electrons. The van der Waals surface area contributed by atoms with E-state index in [9.17, 15) is 9.59 Å². The van der Waals surface area contributed by atoms with E-state index >= 15 is 4.39 Å². The van der Waals surface area contributed by atoms with Crippen LogP contribution in [0.1, 0.15) is 19.8 Å². The highest BCUT2D eigenvalue weighted by Crippen LogP contribution is 2.33. The maximum Gasteiger partial charge on any atom is 0.414 e. The molecule has 33 heavy (non-hydrogen) atoms. The van der Waals surface area contributed by atoms with Crippen LogP contribution in [0.15, 0.2) is 48.5 Å². The molecule has 0 spiro atoms. The molecule has 0 unspecified atom stereocenters. The lowest BCUT2D eigenvalue weighted by Crippen LogP contribution is -2.47. The number of hydrogen-bond donors (Lipinski definition) is 2. The van der Waals surface area contributed by atoms with E-state index in [1.807, 2.05) is 35.2 Å². The Hall–Kier alpha value is -3.80. The van der Waals surface area contributed by atoms with Crippen LogP contribution in [-0.4, -0.2) is 49.9 Å². The number of anilines is 3. The number of halogens is 1. The third-order valence-corrected chi connectivity index (χ3v) is 5.99. The van der Waals surface area contributed by atoms with Crippen molar-refractivity contribution in [2.45, 2.75) is 31.5 Å². The Balaban J connectivity index is 1.40. The third kappa shape index (κ3) is 5.00. The van der Waals surface area contributed by atoms with E-state index in [1.165, 1.54) is 17.9 Å². The number of rotatable bonds is 6. The van der Waals surface area contributed by atoms with Crippen molar-refractivity contribution in [3.63, 3.8) is 0 Å². The standard InChI is InChI=1S/C24H26FN5O3/c1-17(31)27-15-20-16-30(23(32)33-20)19-8-9-22(21(25)14-19)29-12-10-24(26-2,11-13-29)28-18-6-4-3-5-7-18/h3-9,14,20,28H,10-13,15-16H2,1H3,(H,27,31)/t20-/m0/s1. The lowest BCUT2D eigenvalue weighted by molar-refractivity contribution is -0.119. The zero-order valence-electron chi connectivity index (χ0n) is 18.4. The third-order valence-electron chi connectivity index (χ3n) is 5.99. The first-order chi connectivity index (χ1) is 15.9. The summed E-state index contributed by atoms with van der Waals surface area (Å²) >= 11 is 0. The molecule has 0 bridgehead atoms. The van der Waals surface area contributed by atoms with Crippen molar-refractivity contribution in [3.05, 3.63) is 65.8 Å². The van der Waals surface area contributed by atoms with Crippen LogP contribution in [-0.2, 0) is 9.53 Å². The van der Waals surface area contributed by atoms with Gasteiger partial charge >= 0.3 is 11.8 Å². The Morgan fingerprint density at radius 2 is 1.97 bits per heavy atom. The van der Waals surface area contributed by atoms with Crippen molar-refractivity contribution < 1.29 is 18.7 Å². The van der Waals surface area contributed by atoms with Crippen molar-refractivity contribution in [1.82, 2.24) is 5.32 Å². The maximum absolute atomic E-state index is 15.0.